The Hall–Kier alpha value is -2.13. The van der Waals surface area contributed by atoms with Crippen LogP contribution in [0.5, 0.6) is 0 Å². The normalized spacial score (nSPS) is 20.2. The van der Waals surface area contributed by atoms with Crippen molar-refractivity contribution >= 4 is 5.91 Å². The second kappa shape index (κ2) is 8.82. The monoisotopic (exact) mass is 337 g/mol. The Kier molecular flexibility index (Phi) is 6.24. The number of rotatable bonds is 6. The summed E-state index contributed by atoms with van der Waals surface area (Å²) in [6.07, 6.45) is 7.48. The molecule has 1 aliphatic rings. The average molecular weight is 337 g/mol. The standard InChI is InChI=1S/C22H27NO2/c24-22(23-25)21-12-5-4-10-20(21)11-6-7-17-13-15-19(16-14-17)18-8-2-1-3-9-18/h1-3,8-9,13-16,20-21,25H,4-7,10-12H2,(H,23,24)/t20-,21+/m0/s1. The number of amides is 1. The fraction of sp³-hybridized carbons (Fsp3) is 0.409. The van der Waals surface area contributed by atoms with Crippen LogP contribution in [0.1, 0.15) is 44.1 Å². The molecule has 0 aromatic heterocycles. The van der Waals surface area contributed by atoms with Gasteiger partial charge in [-0.25, -0.2) is 5.48 Å². The van der Waals surface area contributed by atoms with Gasteiger partial charge < -0.3 is 0 Å². The van der Waals surface area contributed by atoms with Crippen LogP contribution in [-0.2, 0) is 11.2 Å². The van der Waals surface area contributed by atoms with Gasteiger partial charge in [0.15, 0.2) is 0 Å². The van der Waals surface area contributed by atoms with Gasteiger partial charge in [0, 0.05) is 5.92 Å². The molecule has 2 aromatic rings. The topological polar surface area (TPSA) is 49.3 Å². The van der Waals surface area contributed by atoms with E-state index < -0.39 is 0 Å². The molecule has 25 heavy (non-hydrogen) atoms. The molecule has 2 N–H and O–H groups in total. The summed E-state index contributed by atoms with van der Waals surface area (Å²) in [7, 11) is 0. The highest BCUT2D eigenvalue weighted by Gasteiger charge is 2.30. The van der Waals surface area contributed by atoms with Crippen molar-refractivity contribution in [3.63, 3.8) is 0 Å². The molecule has 0 aliphatic heterocycles. The molecule has 1 aliphatic carbocycles. The minimum Gasteiger partial charge on any atom is -0.289 e. The molecular formula is C22H27NO2. The molecule has 3 heteroatoms. The van der Waals surface area contributed by atoms with Crippen LogP contribution in [0.2, 0.25) is 0 Å². The molecule has 0 heterocycles. The summed E-state index contributed by atoms with van der Waals surface area (Å²) in [6.45, 7) is 0. The molecule has 0 bridgehead atoms. The Morgan fingerprint density at radius 2 is 1.64 bits per heavy atom. The summed E-state index contributed by atoms with van der Waals surface area (Å²) in [5, 5.41) is 8.93. The van der Waals surface area contributed by atoms with Crippen LogP contribution in [0.25, 0.3) is 11.1 Å². The summed E-state index contributed by atoms with van der Waals surface area (Å²) in [6, 6.07) is 19.2. The zero-order chi connectivity index (χ0) is 17.5. The number of nitrogens with one attached hydrogen (secondary N) is 1. The van der Waals surface area contributed by atoms with Crippen LogP contribution in [0.4, 0.5) is 0 Å². The van der Waals surface area contributed by atoms with Crippen molar-refractivity contribution in [2.75, 3.05) is 0 Å². The van der Waals surface area contributed by atoms with Gasteiger partial charge in [0.2, 0.25) is 5.91 Å². The van der Waals surface area contributed by atoms with Gasteiger partial charge in [0.25, 0.3) is 0 Å². The number of hydrogen-bond donors (Lipinski definition) is 2. The molecule has 3 nitrogen and oxygen atoms in total. The third-order valence-electron chi connectivity index (χ3n) is 5.46. The van der Waals surface area contributed by atoms with E-state index >= 15 is 0 Å². The quantitative estimate of drug-likeness (QED) is 0.576. The number of benzene rings is 2. The Labute approximate surface area is 150 Å². The summed E-state index contributed by atoms with van der Waals surface area (Å²) < 4.78 is 0. The van der Waals surface area contributed by atoms with Crippen LogP contribution in [0.15, 0.2) is 54.6 Å². The minimum atomic E-state index is -0.197. The molecule has 0 saturated heterocycles. The van der Waals surface area contributed by atoms with E-state index in [1.54, 1.807) is 0 Å². The SMILES string of the molecule is O=C(NO)[C@@H]1CCCC[C@H]1CCCc1ccc(-c2ccccc2)cc1. The van der Waals surface area contributed by atoms with Crippen molar-refractivity contribution in [2.24, 2.45) is 11.8 Å². The maximum atomic E-state index is 11.8. The highest BCUT2D eigenvalue weighted by molar-refractivity contribution is 5.77. The summed E-state index contributed by atoms with van der Waals surface area (Å²) >= 11 is 0. The van der Waals surface area contributed by atoms with E-state index in [0.717, 1.165) is 38.5 Å². The fourth-order valence-electron chi connectivity index (χ4n) is 4.04. The molecule has 2 aromatic carbocycles. The largest absolute Gasteiger partial charge is 0.289 e. The van der Waals surface area contributed by atoms with Gasteiger partial charge in [0.1, 0.15) is 0 Å². The first kappa shape index (κ1) is 17.7. The summed E-state index contributed by atoms with van der Waals surface area (Å²) in [4.78, 5) is 11.8. The smallest absolute Gasteiger partial charge is 0.246 e. The third kappa shape index (κ3) is 4.70. The van der Waals surface area contributed by atoms with Gasteiger partial charge in [0.05, 0.1) is 0 Å². The third-order valence-corrected chi connectivity index (χ3v) is 5.46. The van der Waals surface area contributed by atoms with Crippen LogP contribution in [0.3, 0.4) is 0 Å². The van der Waals surface area contributed by atoms with Gasteiger partial charge in [-0.1, -0.05) is 67.4 Å². The van der Waals surface area contributed by atoms with Gasteiger partial charge in [-0.2, -0.15) is 0 Å². The highest BCUT2D eigenvalue weighted by Crippen LogP contribution is 2.33. The van der Waals surface area contributed by atoms with E-state index in [-0.39, 0.29) is 11.8 Å². The second-order valence-electron chi connectivity index (χ2n) is 7.08. The van der Waals surface area contributed by atoms with Gasteiger partial charge in [-0.3, -0.25) is 10.0 Å². The Balaban J connectivity index is 1.52. The zero-order valence-corrected chi connectivity index (χ0v) is 14.7. The first-order valence-corrected chi connectivity index (χ1v) is 9.36. The van der Waals surface area contributed by atoms with Crippen molar-refractivity contribution in [2.45, 2.75) is 44.9 Å². The molecule has 3 rings (SSSR count). The maximum absolute atomic E-state index is 11.8. The molecule has 0 spiro atoms. The number of aryl methyl sites for hydroxylation is 1. The fourth-order valence-corrected chi connectivity index (χ4v) is 4.04. The van der Waals surface area contributed by atoms with Gasteiger partial charge in [-0.15, -0.1) is 0 Å². The Morgan fingerprint density at radius 3 is 2.36 bits per heavy atom. The van der Waals surface area contributed by atoms with Crippen molar-refractivity contribution < 1.29 is 10.0 Å². The van der Waals surface area contributed by atoms with Gasteiger partial charge in [-0.05, 0) is 54.7 Å². The first-order chi connectivity index (χ1) is 12.3. The van der Waals surface area contributed by atoms with Crippen molar-refractivity contribution in [1.82, 2.24) is 5.48 Å². The highest BCUT2D eigenvalue weighted by atomic mass is 16.5. The lowest BCUT2D eigenvalue weighted by Crippen LogP contribution is -2.35. The van der Waals surface area contributed by atoms with Crippen LogP contribution in [0, 0.1) is 11.8 Å². The lowest BCUT2D eigenvalue weighted by molar-refractivity contribution is -0.136. The van der Waals surface area contributed by atoms with Crippen molar-refractivity contribution in [3.8, 4) is 11.1 Å². The predicted molar refractivity (Wildman–Crippen MR) is 100 cm³/mol. The van der Waals surface area contributed by atoms with Crippen molar-refractivity contribution in [3.05, 3.63) is 60.2 Å². The van der Waals surface area contributed by atoms with E-state index in [4.69, 9.17) is 5.21 Å². The maximum Gasteiger partial charge on any atom is 0.246 e. The number of carbonyl (C=O) groups excluding carboxylic acids is 1. The lowest BCUT2D eigenvalue weighted by atomic mass is 9.76. The van der Waals surface area contributed by atoms with E-state index in [1.165, 1.54) is 23.1 Å². The first-order valence-electron chi connectivity index (χ1n) is 9.36. The van der Waals surface area contributed by atoms with E-state index in [1.807, 2.05) is 11.5 Å². The van der Waals surface area contributed by atoms with Gasteiger partial charge >= 0.3 is 0 Å². The molecule has 0 unspecified atom stereocenters. The van der Waals surface area contributed by atoms with Crippen LogP contribution in [-0.4, -0.2) is 11.1 Å². The zero-order valence-electron chi connectivity index (χ0n) is 14.7. The molecule has 132 valence electrons. The number of hydrogen-bond acceptors (Lipinski definition) is 2. The minimum absolute atomic E-state index is 0.0146. The Morgan fingerprint density at radius 1 is 0.960 bits per heavy atom. The molecule has 1 fully saturated rings. The molecule has 0 radical (unpaired) electrons. The van der Waals surface area contributed by atoms with Crippen molar-refractivity contribution in [1.29, 1.82) is 0 Å². The summed E-state index contributed by atoms with van der Waals surface area (Å²) in [5.74, 6) is 0.195. The van der Waals surface area contributed by atoms with Crippen LogP contribution < -0.4 is 5.48 Å². The summed E-state index contributed by atoms with van der Waals surface area (Å²) in [5.41, 5.74) is 5.69. The molecule has 1 amide bonds. The molecular weight excluding hydrogens is 310 g/mol. The number of hydroxylamine groups is 1. The van der Waals surface area contributed by atoms with E-state index in [9.17, 15) is 4.79 Å². The van der Waals surface area contributed by atoms with Crippen LogP contribution >= 0.6 is 0 Å². The van der Waals surface area contributed by atoms with E-state index in [0.29, 0.717) is 5.92 Å². The number of carbonyl (C=O) groups is 1. The second-order valence-corrected chi connectivity index (χ2v) is 7.08. The lowest BCUT2D eigenvalue weighted by Gasteiger charge is -2.29. The Bertz CT molecular complexity index is 666. The average Bonchev–Trinajstić information content (AvgIpc) is 2.69. The predicted octanol–water partition coefficient (Wildman–Crippen LogP) is 4.99. The molecule has 1 saturated carbocycles. The van der Waals surface area contributed by atoms with E-state index in [2.05, 4.69) is 48.5 Å². The molecule has 2 atom stereocenters.